The van der Waals surface area contributed by atoms with Gasteiger partial charge in [0.15, 0.2) is 11.5 Å². The van der Waals surface area contributed by atoms with Gasteiger partial charge in [-0.2, -0.15) is 0 Å². The monoisotopic (exact) mass is 250 g/mol. The lowest BCUT2D eigenvalue weighted by molar-refractivity contribution is -0.109. The molecule has 2 rings (SSSR count). The van der Waals surface area contributed by atoms with E-state index in [1.165, 1.54) is 0 Å². The minimum atomic E-state index is -0.245. The summed E-state index contributed by atoms with van der Waals surface area (Å²) in [6.07, 6.45) is 0.591. The predicted octanol–water partition coefficient (Wildman–Crippen LogP) is -0.0664. The molecule has 2 N–H and O–H groups in total. The van der Waals surface area contributed by atoms with Crippen molar-refractivity contribution < 1.29 is 19.1 Å². The second-order valence-electron chi connectivity index (χ2n) is 3.66. The fraction of sp³-hybridized carbons (Fsp3) is 0.333. The molecule has 0 unspecified atom stereocenters. The molecule has 0 saturated heterocycles. The van der Waals surface area contributed by atoms with Gasteiger partial charge in [-0.3, -0.25) is 9.59 Å². The molecular formula is C12H14N2O4. The topological polar surface area (TPSA) is 76.7 Å². The molecule has 0 aromatic heterocycles. The molecule has 96 valence electrons. The fourth-order valence-corrected chi connectivity index (χ4v) is 1.65. The molecule has 0 saturated carbocycles. The molecule has 0 bridgehead atoms. The van der Waals surface area contributed by atoms with Crippen molar-refractivity contribution in [1.82, 2.24) is 10.6 Å². The van der Waals surface area contributed by atoms with Crippen LogP contribution in [0.4, 0.5) is 0 Å². The van der Waals surface area contributed by atoms with Crippen LogP contribution in [0.5, 0.6) is 11.5 Å². The van der Waals surface area contributed by atoms with Crippen LogP contribution in [-0.4, -0.2) is 38.6 Å². The van der Waals surface area contributed by atoms with E-state index in [2.05, 4.69) is 10.6 Å². The standard InChI is InChI=1S/C12H14N2O4/c15-8-13-4-5-14-12(16)9-2-1-3-10-11(9)18-7-6-17-10/h1-3,8H,4-7H2,(H,13,15)(H,14,16). The van der Waals surface area contributed by atoms with E-state index in [1.807, 2.05) is 0 Å². The van der Waals surface area contributed by atoms with Crippen LogP contribution >= 0.6 is 0 Å². The van der Waals surface area contributed by atoms with Gasteiger partial charge in [0.1, 0.15) is 13.2 Å². The number of rotatable bonds is 5. The first kappa shape index (κ1) is 12.2. The van der Waals surface area contributed by atoms with Crippen molar-refractivity contribution in [2.75, 3.05) is 26.3 Å². The first-order valence-corrected chi connectivity index (χ1v) is 5.67. The summed E-state index contributed by atoms with van der Waals surface area (Å²) in [6.45, 7) is 1.68. The molecule has 1 heterocycles. The number of para-hydroxylation sites is 1. The Kier molecular flexibility index (Phi) is 4.01. The molecule has 2 amide bonds. The van der Waals surface area contributed by atoms with E-state index in [0.717, 1.165) is 0 Å². The van der Waals surface area contributed by atoms with Gasteiger partial charge in [-0.05, 0) is 12.1 Å². The van der Waals surface area contributed by atoms with Crippen molar-refractivity contribution in [3.05, 3.63) is 23.8 Å². The third-order valence-electron chi connectivity index (χ3n) is 2.45. The number of hydrogen-bond acceptors (Lipinski definition) is 4. The van der Waals surface area contributed by atoms with Gasteiger partial charge >= 0.3 is 0 Å². The average Bonchev–Trinajstić information content (AvgIpc) is 2.43. The molecule has 0 fully saturated rings. The van der Waals surface area contributed by atoms with Crippen LogP contribution in [-0.2, 0) is 4.79 Å². The Morgan fingerprint density at radius 1 is 1.28 bits per heavy atom. The SMILES string of the molecule is O=CNCCNC(=O)c1cccc2c1OCCO2. The van der Waals surface area contributed by atoms with Crippen LogP contribution in [0.1, 0.15) is 10.4 Å². The van der Waals surface area contributed by atoms with Gasteiger partial charge in [0.05, 0.1) is 5.56 Å². The van der Waals surface area contributed by atoms with E-state index in [-0.39, 0.29) is 5.91 Å². The maximum absolute atomic E-state index is 11.9. The molecule has 1 aromatic rings. The summed E-state index contributed by atoms with van der Waals surface area (Å²) < 4.78 is 10.8. The number of ether oxygens (including phenoxy) is 2. The molecule has 1 aliphatic rings. The lowest BCUT2D eigenvalue weighted by Gasteiger charge is -2.20. The number of fused-ring (bicyclic) bond motifs is 1. The van der Waals surface area contributed by atoms with Gasteiger partial charge in [-0.15, -0.1) is 0 Å². The summed E-state index contributed by atoms with van der Waals surface area (Å²) in [7, 11) is 0. The smallest absolute Gasteiger partial charge is 0.255 e. The van der Waals surface area contributed by atoms with Crippen molar-refractivity contribution in [2.45, 2.75) is 0 Å². The Balaban J connectivity index is 2.03. The summed E-state index contributed by atoms with van der Waals surface area (Å²) in [5, 5.41) is 5.15. The van der Waals surface area contributed by atoms with E-state index in [1.54, 1.807) is 18.2 Å². The predicted molar refractivity (Wildman–Crippen MR) is 63.8 cm³/mol. The van der Waals surface area contributed by atoms with Crippen LogP contribution in [0.3, 0.4) is 0 Å². The first-order valence-electron chi connectivity index (χ1n) is 5.67. The molecule has 0 spiro atoms. The second kappa shape index (κ2) is 5.90. The highest BCUT2D eigenvalue weighted by Gasteiger charge is 2.19. The van der Waals surface area contributed by atoms with Crippen molar-refractivity contribution in [2.24, 2.45) is 0 Å². The Morgan fingerprint density at radius 2 is 2.11 bits per heavy atom. The summed E-state index contributed by atoms with van der Waals surface area (Å²) >= 11 is 0. The van der Waals surface area contributed by atoms with Crippen molar-refractivity contribution in [3.8, 4) is 11.5 Å². The number of amides is 2. The molecule has 0 aliphatic carbocycles. The number of hydrogen-bond donors (Lipinski definition) is 2. The highest BCUT2D eigenvalue weighted by molar-refractivity contribution is 5.97. The van der Waals surface area contributed by atoms with E-state index >= 15 is 0 Å². The zero-order valence-corrected chi connectivity index (χ0v) is 9.77. The van der Waals surface area contributed by atoms with Gasteiger partial charge in [-0.25, -0.2) is 0 Å². The Bertz CT molecular complexity index is 448. The highest BCUT2D eigenvalue weighted by Crippen LogP contribution is 2.33. The van der Waals surface area contributed by atoms with Crippen LogP contribution in [0.25, 0.3) is 0 Å². The molecule has 18 heavy (non-hydrogen) atoms. The quantitative estimate of drug-likeness (QED) is 0.566. The normalized spacial score (nSPS) is 12.7. The molecule has 0 radical (unpaired) electrons. The maximum Gasteiger partial charge on any atom is 0.255 e. The van der Waals surface area contributed by atoms with Gasteiger partial charge in [0, 0.05) is 13.1 Å². The summed E-state index contributed by atoms with van der Waals surface area (Å²) in [4.78, 5) is 22.0. The number of nitrogens with one attached hydrogen (secondary N) is 2. The largest absolute Gasteiger partial charge is 0.486 e. The average molecular weight is 250 g/mol. The van der Waals surface area contributed by atoms with Gasteiger partial charge in [0.2, 0.25) is 6.41 Å². The maximum atomic E-state index is 11.9. The molecule has 6 heteroatoms. The van der Waals surface area contributed by atoms with Gasteiger partial charge in [0.25, 0.3) is 5.91 Å². The third kappa shape index (κ3) is 2.71. The lowest BCUT2D eigenvalue weighted by Crippen LogP contribution is -2.32. The fourth-order valence-electron chi connectivity index (χ4n) is 1.65. The molecule has 1 aliphatic heterocycles. The van der Waals surface area contributed by atoms with Crippen LogP contribution in [0, 0.1) is 0 Å². The lowest BCUT2D eigenvalue weighted by atomic mass is 10.1. The summed E-state index contributed by atoms with van der Waals surface area (Å²) in [5.74, 6) is 0.814. The number of carbonyl (C=O) groups excluding carboxylic acids is 2. The molecular weight excluding hydrogens is 236 g/mol. The van der Waals surface area contributed by atoms with Crippen LogP contribution in [0.2, 0.25) is 0 Å². The van der Waals surface area contributed by atoms with Crippen molar-refractivity contribution in [1.29, 1.82) is 0 Å². The molecule has 1 aromatic carbocycles. The van der Waals surface area contributed by atoms with E-state index in [0.29, 0.717) is 49.8 Å². The van der Waals surface area contributed by atoms with Gasteiger partial charge < -0.3 is 20.1 Å². The Morgan fingerprint density at radius 3 is 2.94 bits per heavy atom. The van der Waals surface area contributed by atoms with Crippen molar-refractivity contribution in [3.63, 3.8) is 0 Å². The minimum absolute atomic E-state index is 0.245. The summed E-state index contributed by atoms with van der Waals surface area (Å²) in [6, 6.07) is 5.18. The third-order valence-corrected chi connectivity index (χ3v) is 2.45. The van der Waals surface area contributed by atoms with Crippen LogP contribution in [0.15, 0.2) is 18.2 Å². The van der Waals surface area contributed by atoms with Gasteiger partial charge in [-0.1, -0.05) is 6.07 Å². The minimum Gasteiger partial charge on any atom is -0.486 e. The Labute approximate surface area is 104 Å². The molecule has 6 nitrogen and oxygen atoms in total. The zero-order valence-electron chi connectivity index (χ0n) is 9.77. The second-order valence-corrected chi connectivity index (χ2v) is 3.66. The van der Waals surface area contributed by atoms with Crippen LogP contribution < -0.4 is 20.1 Å². The number of carbonyl (C=O) groups is 2. The van der Waals surface area contributed by atoms with E-state index < -0.39 is 0 Å². The first-order chi connectivity index (χ1) is 8.83. The highest BCUT2D eigenvalue weighted by atomic mass is 16.6. The zero-order chi connectivity index (χ0) is 12.8. The number of benzene rings is 1. The molecule has 0 atom stereocenters. The van der Waals surface area contributed by atoms with Crippen molar-refractivity contribution >= 4 is 12.3 Å². The van der Waals surface area contributed by atoms with E-state index in [4.69, 9.17) is 9.47 Å². The summed E-state index contributed by atoms with van der Waals surface area (Å²) in [5.41, 5.74) is 0.443. The Hall–Kier alpha value is -2.24. The van der Waals surface area contributed by atoms with E-state index in [9.17, 15) is 9.59 Å².